The molecule has 0 bridgehead atoms. The number of likely N-dealkylation sites (tertiary alicyclic amines) is 1. The van der Waals surface area contributed by atoms with Crippen LogP contribution < -0.4 is 0 Å². The highest BCUT2D eigenvalue weighted by Gasteiger charge is 2.42. The predicted molar refractivity (Wildman–Crippen MR) is 104 cm³/mol. The number of amides is 1. The van der Waals surface area contributed by atoms with Gasteiger partial charge < -0.3 is 9.64 Å². The lowest BCUT2D eigenvalue weighted by Crippen LogP contribution is -2.60. The van der Waals surface area contributed by atoms with Crippen molar-refractivity contribution in [2.75, 3.05) is 53.5 Å². The molecule has 0 aliphatic carbocycles. The first kappa shape index (κ1) is 19.8. The molecule has 6 nitrogen and oxygen atoms in total. The van der Waals surface area contributed by atoms with Crippen LogP contribution in [0.25, 0.3) is 0 Å². The second-order valence-corrected chi connectivity index (χ2v) is 7.79. The van der Waals surface area contributed by atoms with Crippen molar-refractivity contribution in [1.82, 2.24) is 14.7 Å². The van der Waals surface area contributed by atoms with Crippen LogP contribution in [0.3, 0.4) is 0 Å². The van der Waals surface area contributed by atoms with E-state index in [1.165, 1.54) is 5.56 Å². The largest absolute Gasteiger partial charge is 0.383 e. The van der Waals surface area contributed by atoms with Crippen molar-refractivity contribution in [2.45, 2.75) is 31.3 Å². The van der Waals surface area contributed by atoms with E-state index in [0.717, 1.165) is 45.6 Å². The van der Waals surface area contributed by atoms with Crippen LogP contribution in [0.4, 0.5) is 0 Å². The number of hydrogen-bond acceptors (Lipinski definition) is 5. The number of benzene rings is 1. The number of nitrogens with zero attached hydrogens (tertiary/aromatic N) is 4. The Balaban J connectivity index is 1.66. The molecule has 0 saturated carbocycles. The van der Waals surface area contributed by atoms with Gasteiger partial charge in [-0.1, -0.05) is 12.1 Å². The predicted octanol–water partition coefficient (Wildman–Crippen LogP) is 1.70. The first-order chi connectivity index (χ1) is 13.1. The summed E-state index contributed by atoms with van der Waals surface area (Å²) in [6, 6.07) is 10.0. The van der Waals surface area contributed by atoms with E-state index >= 15 is 0 Å². The molecule has 0 unspecified atom stereocenters. The zero-order chi connectivity index (χ0) is 19.3. The highest BCUT2D eigenvalue weighted by atomic mass is 16.5. The smallest absolute Gasteiger partial charge is 0.222 e. The minimum Gasteiger partial charge on any atom is -0.383 e. The second kappa shape index (κ2) is 8.83. The molecule has 27 heavy (non-hydrogen) atoms. The first-order valence-corrected chi connectivity index (χ1v) is 9.76. The lowest BCUT2D eigenvalue weighted by atomic mass is 9.86. The third kappa shape index (κ3) is 4.67. The molecule has 2 fully saturated rings. The van der Waals surface area contributed by atoms with Gasteiger partial charge in [-0.25, -0.2) is 0 Å². The molecule has 1 aromatic carbocycles. The molecule has 2 aliphatic rings. The fraction of sp³-hybridized carbons (Fsp3) is 0.619. The van der Waals surface area contributed by atoms with Gasteiger partial charge in [0.25, 0.3) is 0 Å². The fourth-order valence-electron chi connectivity index (χ4n) is 4.29. The minimum absolute atomic E-state index is 0.0579. The highest BCUT2D eigenvalue weighted by Crippen LogP contribution is 2.32. The van der Waals surface area contributed by atoms with Gasteiger partial charge >= 0.3 is 0 Å². The number of carbonyl (C=O) groups is 1. The van der Waals surface area contributed by atoms with Crippen molar-refractivity contribution in [1.29, 1.82) is 5.26 Å². The van der Waals surface area contributed by atoms with Crippen molar-refractivity contribution < 1.29 is 9.53 Å². The second-order valence-electron chi connectivity index (χ2n) is 7.79. The number of piperazine rings is 1. The van der Waals surface area contributed by atoms with Crippen LogP contribution in [0.1, 0.15) is 30.4 Å². The van der Waals surface area contributed by atoms with Gasteiger partial charge in [-0.15, -0.1) is 0 Å². The van der Waals surface area contributed by atoms with E-state index in [-0.39, 0.29) is 11.4 Å². The van der Waals surface area contributed by atoms with E-state index in [1.807, 2.05) is 29.2 Å². The summed E-state index contributed by atoms with van der Waals surface area (Å²) in [7, 11) is 3.88. The number of methoxy groups -OCH3 is 1. The van der Waals surface area contributed by atoms with Crippen LogP contribution in [0.15, 0.2) is 24.3 Å². The Morgan fingerprint density at radius 3 is 2.67 bits per heavy atom. The molecule has 146 valence electrons. The Kier molecular flexibility index (Phi) is 6.48. The lowest BCUT2D eigenvalue weighted by molar-refractivity contribution is -0.131. The Labute approximate surface area is 162 Å². The summed E-state index contributed by atoms with van der Waals surface area (Å²) in [5.41, 5.74) is 2.00. The number of carbonyl (C=O) groups excluding carboxylic acids is 1. The van der Waals surface area contributed by atoms with Gasteiger partial charge in [-0.3, -0.25) is 14.6 Å². The maximum absolute atomic E-state index is 12.5. The Morgan fingerprint density at radius 2 is 1.96 bits per heavy atom. The third-order valence-electron chi connectivity index (χ3n) is 6.14. The summed E-state index contributed by atoms with van der Waals surface area (Å²) in [6.45, 7) is 6.00. The topological polar surface area (TPSA) is 59.8 Å². The minimum atomic E-state index is 0.0579. The zero-order valence-electron chi connectivity index (χ0n) is 16.5. The van der Waals surface area contributed by atoms with Gasteiger partial charge in [0.1, 0.15) is 0 Å². The molecule has 1 atom stereocenters. The zero-order valence-corrected chi connectivity index (χ0v) is 16.5. The van der Waals surface area contributed by atoms with Crippen molar-refractivity contribution >= 4 is 5.91 Å². The van der Waals surface area contributed by atoms with E-state index in [9.17, 15) is 4.79 Å². The van der Waals surface area contributed by atoms with Crippen molar-refractivity contribution in [3.63, 3.8) is 0 Å². The molecular weight excluding hydrogens is 340 g/mol. The maximum Gasteiger partial charge on any atom is 0.222 e. The van der Waals surface area contributed by atoms with Crippen LogP contribution in [0.2, 0.25) is 0 Å². The van der Waals surface area contributed by atoms with E-state index in [4.69, 9.17) is 10.00 Å². The molecule has 2 heterocycles. The number of rotatable bonds is 5. The summed E-state index contributed by atoms with van der Waals surface area (Å²) >= 11 is 0. The molecule has 2 saturated heterocycles. The van der Waals surface area contributed by atoms with Crippen molar-refractivity contribution in [2.24, 2.45) is 0 Å². The first-order valence-electron chi connectivity index (χ1n) is 9.76. The van der Waals surface area contributed by atoms with Gasteiger partial charge in [0.2, 0.25) is 5.91 Å². The summed E-state index contributed by atoms with van der Waals surface area (Å²) < 4.78 is 5.16. The third-order valence-corrected chi connectivity index (χ3v) is 6.14. The van der Waals surface area contributed by atoms with Gasteiger partial charge in [-0.2, -0.15) is 5.26 Å². The number of hydrogen-bond donors (Lipinski definition) is 0. The lowest BCUT2D eigenvalue weighted by Gasteiger charge is -2.49. The quantitative estimate of drug-likeness (QED) is 0.790. The summed E-state index contributed by atoms with van der Waals surface area (Å²) in [6.07, 6.45) is 2.53. The van der Waals surface area contributed by atoms with Gasteiger partial charge in [-0.05, 0) is 37.6 Å². The molecule has 2 aliphatic heterocycles. The molecule has 0 N–H and O–H groups in total. The molecule has 1 amide bonds. The van der Waals surface area contributed by atoms with Crippen LogP contribution >= 0.6 is 0 Å². The Bertz CT molecular complexity index is 684. The van der Waals surface area contributed by atoms with E-state index in [0.29, 0.717) is 25.1 Å². The van der Waals surface area contributed by atoms with E-state index in [2.05, 4.69) is 22.9 Å². The summed E-state index contributed by atoms with van der Waals surface area (Å²) in [5.74, 6) is 0.251. The van der Waals surface area contributed by atoms with E-state index in [1.54, 1.807) is 7.11 Å². The Morgan fingerprint density at radius 1 is 1.19 bits per heavy atom. The van der Waals surface area contributed by atoms with Crippen molar-refractivity contribution in [3.8, 4) is 6.07 Å². The summed E-state index contributed by atoms with van der Waals surface area (Å²) in [5, 5.41) is 8.96. The molecule has 1 aromatic rings. The summed E-state index contributed by atoms with van der Waals surface area (Å²) in [4.78, 5) is 19.4. The molecule has 0 radical (unpaired) electrons. The molecule has 1 spiro atoms. The molecule has 6 heteroatoms. The van der Waals surface area contributed by atoms with Gasteiger partial charge in [0, 0.05) is 58.3 Å². The normalized spacial score (nSPS) is 24.8. The highest BCUT2D eigenvalue weighted by molar-refractivity contribution is 5.76. The number of likely N-dealkylation sites (N-methyl/N-ethyl adjacent to an activating group) is 1. The number of ether oxygens (including phenoxy) is 1. The monoisotopic (exact) mass is 370 g/mol. The number of nitriles is 1. The van der Waals surface area contributed by atoms with Crippen LogP contribution in [0, 0.1) is 11.3 Å². The van der Waals surface area contributed by atoms with E-state index < -0.39 is 0 Å². The molecular formula is C21H30N4O2. The van der Waals surface area contributed by atoms with Crippen molar-refractivity contribution in [3.05, 3.63) is 35.4 Å². The van der Waals surface area contributed by atoms with Gasteiger partial charge in [0.05, 0.1) is 18.2 Å². The standard InChI is InChI=1S/C21H30N4O2/c1-23-11-12-24(16-19-5-3-18(15-22)4-6-19)17-21(23)8-7-20(26)25(10-9-21)13-14-27-2/h3-6H,7-14,16-17H2,1-2H3/t21-/m0/s1. The Hall–Kier alpha value is -1.94. The van der Waals surface area contributed by atoms with Crippen LogP contribution in [-0.2, 0) is 16.1 Å². The molecule has 3 rings (SSSR count). The average Bonchev–Trinajstić information content (AvgIpc) is 2.84. The molecule has 0 aromatic heterocycles. The van der Waals surface area contributed by atoms with Crippen LogP contribution in [0.5, 0.6) is 0 Å². The van der Waals surface area contributed by atoms with Crippen LogP contribution in [-0.4, -0.2) is 79.6 Å². The average molecular weight is 370 g/mol. The SMILES string of the molecule is COCCN1CC[C@@]2(CCC1=O)CN(Cc1ccc(C#N)cc1)CCN2C. The van der Waals surface area contributed by atoms with Gasteiger partial charge in [0.15, 0.2) is 0 Å². The fourth-order valence-corrected chi connectivity index (χ4v) is 4.29. The maximum atomic E-state index is 12.5.